The molecule has 7 heteroatoms. The van der Waals surface area contributed by atoms with Crippen molar-refractivity contribution in [3.63, 3.8) is 0 Å². The van der Waals surface area contributed by atoms with Crippen LogP contribution in [-0.4, -0.2) is 99.1 Å². The van der Waals surface area contributed by atoms with Gasteiger partial charge in [-0.2, -0.15) is 0 Å². The fourth-order valence-electron chi connectivity index (χ4n) is 2.79. The molecule has 126 valence electrons. The maximum atomic E-state index is 12.3. The van der Waals surface area contributed by atoms with Crippen LogP contribution in [0.3, 0.4) is 0 Å². The second-order valence-electron chi connectivity index (χ2n) is 6.19. The Balaban J connectivity index is 1.65. The Hall–Kier alpha value is -1.18. The SMILES string of the molecule is CN(C)C(=O)CCN1CCN(C(=O)CC2COCCN2)CC1. The van der Waals surface area contributed by atoms with Crippen molar-refractivity contribution < 1.29 is 14.3 Å². The fraction of sp³-hybridized carbons (Fsp3) is 0.867. The highest BCUT2D eigenvalue weighted by Gasteiger charge is 2.24. The molecule has 2 fully saturated rings. The topological polar surface area (TPSA) is 65.1 Å². The van der Waals surface area contributed by atoms with E-state index in [4.69, 9.17) is 4.74 Å². The summed E-state index contributed by atoms with van der Waals surface area (Å²) < 4.78 is 5.38. The van der Waals surface area contributed by atoms with Crippen LogP contribution >= 0.6 is 0 Å². The Kier molecular flexibility index (Phi) is 6.60. The number of ether oxygens (including phenoxy) is 1. The molecule has 1 N–H and O–H groups in total. The molecule has 1 atom stereocenters. The first-order valence-corrected chi connectivity index (χ1v) is 8.07. The molecule has 0 spiro atoms. The number of hydrogen-bond acceptors (Lipinski definition) is 5. The predicted molar refractivity (Wildman–Crippen MR) is 83.6 cm³/mol. The van der Waals surface area contributed by atoms with Gasteiger partial charge in [-0.3, -0.25) is 14.5 Å². The van der Waals surface area contributed by atoms with Gasteiger partial charge in [0, 0.05) is 72.2 Å². The molecule has 2 rings (SSSR count). The molecule has 0 bridgehead atoms. The van der Waals surface area contributed by atoms with Gasteiger partial charge in [-0.25, -0.2) is 0 Å². The summed E-state index contributed by atoms with van der Waals surface area (Å²) in [6, 6.07) is 0.150. The number of piperazine rings is 1. The zero-order valence-electron chi connectivity index (χ0n) is 13.7. The zero-order chi connectivity index (χ0) is 15.9. The fourth-order valence-corrected chi connectivity index (χ4v) is 2.79. The molecule has 1 unspecified atom stereocenters. The zero-order valence-corrected chi connectivity index (χ0v) is 13.7. The molecule has 2 aliphatic rings. The number of carbonyl (C=O) groups is 2. The van der Waals surface area contributed by atoms with E-state index in [9.17, 15) is 9.59 Å². The molecule has 2 heterocycles. The predicted octanol–water partition coefficient (Wildman–Crippen LogP) is -1.01. The molecular weight excluding hydrogens is 284 g/mol. The molecule has 0 aromatic carbocycles. The second kappa shape index (κ2) is 8.45. The van der Waals surface area contributed by atoms with Crippen LogP contribution in [0, 0.1) is 0 Å². The van der Waals surface area contributed by atoms with E-state index in [-0.39, 0.29) is 17.9 Å². The lowest BCUT2D eigenvalue weighted by Gasteiger charge is -2.35. The van der Waals surface area contributed by atoms with E-state index in [1.807, 2.05) is 4.90 Å². The van der Waals surface area contributed by atoms with Crippen molar-refractivity contribution in [2.75, 3.05) is 66.6 Å². The van der Waals surface area contributed by atoms with E-state index in [1.165, 1.54) is 0 Å². The first kappa shape index (κ1) is 17.2. The van der Waals surface area contributed by atoms with Crippen molar-refractivity contribution in [2.24, 2.45) is 0 Å². The van der Waals surface area contributed by atoms with Crippen molar-refractivity contribution in [1.29, 1.82) is 0 Å². The van der Waals surface area contributed by atoms with E-state index >= 15 is 0 Å². The van der Waals surface area contributed by atoms with Gasteiger partial charge in [0.15, 0.2) is 0 Å². The maximum Gasteiger partial charge on any atom is 0.224 e. The van der Waals surface area contributed by atoms with E-state index in [1.54, 1.807) is 19.0 Å². The smallest absolute Gasteiger partial charge is 0.224 e. The highest BCUT2D eigenvalue weighted by atomic mass is 16.5. The highest BCUT2D eigenvalue weighted by molar-refractivity contribution is 5.77. The van der Waals surface area contributed by atoms with Crippen molar-refractivity contribution in [1.82, 2.24) is 20.0 Å². The van der Waals surface area contributed by atoms with Crippen LogP contribution in [0.4, 0.5) is 0 Å². The molecular formula is C15H28N4O3. The van der Waals surface area contributed by atoms with Gasteiger partial charge in [-0.15, -0.1) is 0 Å². The Labute approximate surface area is 132 Å². The molecule has 0 aliphatic carbocycles. The molecule has 22 heavy (non-hydrogen) atoms. The number of amides is 2. The largest absolute Gasteiger partial charge is 0.378 e. The Morgan fingerprint density at radius 3 is 2.55 bits per heavy atom. The molecule has 0 aromatic heterocycles. The summed E-state index contributed by atoms with van der Waals surface area (Å²) in [5, 5.41) is 3.32. The van der Waals surface area contributed by atoms with Gasteiger partial charge >= 0.3 is 0 Å². The first-order chi connectivity index (χ1) is 10.6. The summed E-state index contributed by atoms with van der Waals surface area (Å²) in [6.07, 6.45) is 1.06. The molecule has 2 amide bonds. The van der Waals surface area contributed by atoms with Crippen LogP contribution < -0.4 is 5.32 Å². The van der Waals surface area contributed by atoms with Crippen LogP contribution in [0.15, 0.2) is 0 Å². The van der Waals surface area contributed by atoms with Crippen LogP contribution in [0.25, 0.3) is 0 Å². The summed E-state index contributed by atoms with van der Waals surface area (Å²) in [6.45, 7) is 6.16. The lowest BCUT2D eigenvalue weighted by Crippen LogP contribution is -2.51. The van der Waals surface area contributed by atoms with Gasteiger partial charge < -0.3 is 19.9 Å². The van der Waals surface area contributed by atoms with Crippen molar-refractivity contribution in [3.8, 4) is 0 Å². The quantitative estimate of drug-likeness (QED) is 0.704. The Morgan fingerprint density at radius 2 is 1.95 bits per heavy atom. The lowest BCUT2D eigenvalue weighted by molar-refractivity contribution is -0.135. The minimum atomic E-state index is 0.150. The van der Waals surface area contributed by atoms with E-state index in [0.717, 1.165) is 45.9 Å². The summed E-state index contributed by atoms with van der Waals surface area (Å²) in [7, 11) is 3.56. The lowest BCUT2D eigenvalue weighted by atomic mass is 10.1. The van der Waals surface area contributed by atoms with Gasteiger partial charge in [-0.05, 0) is 0 Å². The normalized spacial score (nSPS) is 23.4. The average molecular weight is 312 g/mol. The van der Waals surface area contributed by atoms with Crippen molar-refractivity contribution >= 4 is 11.8 Å². The Bertz CT molecular complexity index is 375. The summed E-state index contributed by atoms with van der Waals surface area (Å²) in [5.41, 5.74) is 0. The van der Waals surface area contributed by atoms with Crippen LogP contribution in [-0.2, 0) is 14.3 Å². The highest BCUT2D eigenvalue weighted by Crippen LogP contribution is 2.08. The number of rotatable bonds is 5. The molecule has 0 aromatic rings. The third-order valence-corrected chi connectivity index (χ3v) is 4.29. The summed E-state index contributed by atoms with van der Waals surface area (Å²) in [4.78, 5) is 29.7. The van der Waals surface area contributed by atoms with Crippen molar-refractivity contribution in [3.05, 3.63) is 0 Å². The molecule has 2 aliphatic heterocycles. The van der Waals surface area contributed by atoms with Crippen LogP contribution in [0.5, 0.6) is 0 Å². The second-order valence-corrected chi connectivity index (χ2v) is 6.19. The number of nitrogens with zero attached hydrogens (tertiary/aromatic N) is 3. The molecule has 7 nitrogen and oxygen atoms in total. The van der Waals surface area contributed by atoms with Gasteiger partial charge in [-0.1, -0.05) is 0 Å². The van der Waals surface area contributed by atoms with Gasteiger partial charge in [0.25, 0.3) is 0 Å². The van der Waals surface area contributed by atoms with Gasteiger partial charge in [0.05, 0.1) is 13.2 Å². The third-order valence-electron chi connectivity index (χ3n) is 4.29. The molecule has 0 radical (unpaired) electrons. The number of carbonyl (C=O) groups excluding carboxylic acids is 2. The Morgan fingerprint density at radius 1 is 1.23 bits per heavy atom. The van der Waals surface area contributed by atoms with Crippen LogP contribution in [0.2, 0.25) is 0 Å². The molecule has 2 saturated heterocycles. The minimum absolute atomic E-state index is 0.150. The van der Waals surface area contributed by atoms with E-state index in [0.29, 0.717) is 19.4 Å². The van der Waals surface area contributed by atoms with E-state index < -0.39 is 0 Å². The average Bonchev–Trinajstić information content (AvgIpc) is 2.54. The first-order valence-electron chi connectivity index (χ1n) is 8.07. The molecule has 0 saturated carbocycles. The van der Waals surface area contributed by atoms with Crippen LogP contribution in [0.1, 0.15) is 12.8 Å². The third kappa shape index (κ3) is 5.23. The van der Waals surface area contributed by atoms with Crippen molar-refractivity contribution in [2.45, 2.75) is 18.9 Å². The minimum Gasteiger partial charge on any atom is -0.378 e. The van der Waals surface area contributed by atoms with E-state index in [2.05, 4.69) is 10.2 Å². The monoisotopic (exact) mass is 312 g/mol. The summed E-state index contributed by atoms with van der Waals surface area (Å²) in [5.74, 6) is 0.355. The maximum absolute atomic E-state index is 12.3. The standard InChI is InChI=1S/C15H28N4O3/c1-17(2)14(20)3-5-18-6-8-19(9-7-18)15(21)11-13-12-22-10-4-16-13/h13,16H,3-12H2,1-2H3. The summed E-state index contributed by atoms with van der Waals surface area (Å²) >= 11 is 0. The number of hydrogen-bond donors (Lipinski definition) is 1. The van der Waals surface area contributed by atoms with Gasteiger partial charge in [0.1, 0.15) is 0 Å². The number of morpholine rings is 1. The number of nitrogens with one attached hydrogen (secondary N) is 1. The van der Waals surface area contributed by atoms with Gasteiger partial charge in [0.2, 0.25) is 11.8 Å².